The van der Waals surface area contributed by atoms with Gasteiger partial charge in [0.25, 0.3) is 5.91 Å². The molecule has 1 rings (SSSR count). The number of amides is 3. The van der Waals surface area contributed by atoms with Crippen LogP contribution in [0.3, 0.4) is 0 Å². The van der Waals surface area contributed by atoms with E-state index in [1.54, 1.807) is 38.4 Å². The molecule has 22 heavy (non-hydrogen) atoms. The first-order valence-electron chi connectivity index (χ1n) is 7.30. The molecular formula is C16H26N4O2. The van der Waals surface area contributed by atoms with E-state index in [2.05, 4.69) is 10.6 Å². The van der Waals surface area contributed by atoms with Gasteiger partial charge >= 0.3 is 6.03 Å². The maximum absolute atomic E-state index is 12.4. The standard InChI is InChI=1S/C16H26N4O2/c1-11(2)16(3,10-17)19-14(21)12-7-6-8-13(9-12)18-15(22)20(4)5/h6-9,11H,10,17H2,1-5H3,(H,18,22)(H,19,21). The van der Waals surface area contributed by atoms with E-state index < -0.39 is 5.54 Å². The van der Waals surface area contributed by atoms with Crippen LogP contribution in [0.25, 0.3) is 0 Å². The average Bonchev–Trinajstić information content (AvgIpc) is 2.46. The Morgan fingerprint density at radius 1 is 1.32 bits per heavy atom. The molecule has 0 saturated carbocycles. The summed E-state index contributed by atoms with van der Waals surface area (Å²) in [5, 5.41) is 5.69. The van der Waals surface area contributed by atoms with Crippen LogP contribution >= 0.6 is 0 Å². The van der Waals surface area contributed by atoms with Crippen LogP contribution < -0.4 is 16.4 Å². The van der Waals surface area contributed by atoms with Crippen molar-refractivity contribution in [3.05, 3.63) is 29.8 Å². The number of carbonyl (C=O) groups excluding carboxylic acids is 2. The van der Waals surface area contributed by atoms with Gasteiger partial charge < -0.3 is 21.3 Å². The lowest BCUT2D eigenvalue weighted by Gasteiger charge is -2.33. The van der Waals surface area contributed by atoms with Gasteiger partial charge in [0.1, 0.15) is 0 Å². The zero-order valence-electron chi connectivity index (χ0n) is 13.9. The number of nitrogens with two attached hydrogens (primary N) is 1. The van der Waals surface area contributed by atoms with E-state index in [0.717, 1.165) is 0 Å². The number of carbonyl (C=O) groups is 2. The summed E-state index contributed by atoms with van der Waals surface area (Å²) in [6.07, 6.45) is 0. The Morgan fingerprint density at radius 2 is 1.95 bits per heavy atom. The van der Waals surface area contributed by atoms with Gasteiger partial charge in [-0.1, -0.05) is 19.9 Å². The average molecular weight is 306 g/mol. The molecule has 0 spiro atoms. The Morgan fingerprint density at radius 3 is 2.45 bits per heavy atom. The highest BCUT2D eigenvalue weighted by atomic mass is 16.2. The summed E-state index contributed by atoms with van der Waals surface area (Å²) in [5.41, 5.74) is 6.37. The summed E-state index contributed by atoms with van der Waals surface area (Å²) >= 11 is 0. The third-order valence-electron chi connectivity index (χ3n) is 3.88. The fraction of sp³-hybridized carbons (Fsp3) is 0.500. The Bertz CT molecular complexity index is 543. The first kappa shape index (κ1) is 18.0. The molecule has 1 aromatic carbocycles. The maximum atomic E-state index is 12.4. The minimum Gasteiger partial charge on any atom is -0.345 e. The molecule has 122 valence electrons. The van der Waals surface area contributed by atoms with Gasteiger partial charge in [0, 0.05) is 31.9 Å². The molecule has 0 saturated heterocycles. The smallest absolute Gasteiger partial charge is 0.321 e. The van der Waals surface area contributed by atoms with Gasteiger partial charge in [0.05, 0.1) is 5.54 Å². The van der Waals surface area contributed by atoms with Crippen LogP contribution in [0.4, 0.5) is 10.5 Å². The van der Waals surface area contributed by atoms with Crippen molar-refractivity contribution in [2.45, 2.75) is 26.3 Å². The fourth-order valence-electron chi connectivity index (χ4n) is 1.74. The molecule has 1 aromatic rings. The highest BCUT2D eigenvalue weighted by molar-refractivity contribution is 5.97. The molecule has 0 radical (unpaired) electrons. The van der Waals surface area contributed by atoms with Gasteiger partial charge in [0.2, 0.25) is 0 Å². The van der Waals surface area contributed by atoms with Crippen LogP contribution in [-0.4, -0.2) is 43.0 Å². The Kier molecular flexibility index (Phi) is 5.93. The minimum atomic E-state index is -0.472. The number of benzene rings is 1. The van der Waals surface area contributed by atoms with Crippen LogP contribution in [-0.2, 0) is 0 Å². The molecule has 6 nitrogen and oxygen atoms in total. The zero-order valence-corrected chi connectivity index (χ0v) is 13.9. The van der Waals surface area contributed by atoms with Gasteiger partial charge in [-0.05, 0) is 31.0 Å². The predicted octanol–water partition coefficient (Wildman–Crippen LogP) is 1.88. The van der Waals surface area contributed by atoms with Gasteiger partial charge in [-0.2, -0.15) is 0 Å². The van der Waals surface area contributed by atoms with Gasteiger partial charge in [-0.25, -0.2) is 4.79 Å². The van der Waals surface area contributed by atoms with Crippen LogP contribution in [0.2, 0.25) is 0 Å². The number of nitrogens with one attached hydrogen (secondary N) is 2. The van der Waals surface area contributed by atoms with Gasteiger partial charge in [-0.3, -0.25) is 4.79 Å². The fourth-order valence-corrected chi connectivity index (χ4v) is 1.74. The van der Waals surface area contributed by atoms with Crippen molar-refractivity contribution < 1.29 is 9.59 Å². The number of hydrogen-bond donors (Lipinski definition) is 3. The summed E-state index contributed by atoms with van der Waals surface area (Å²) in [4.78, 5) is 25.5. The van der Waals surface area contributed by atoms with Crippen molar-refractivity contribution in [3.8, 4) is 0 Å². The van der Waals surface area contributed by atoms with Crippen LogP contribution in [0, 0.1) is 5.92 Å². The number of anilines is 1. The Labute approximate surface area is 132 Å². The second kappa shape index (κ2) is 7.26. The SMILES string of the molecule is CC(C)C(C)(CN)NC(=O)c1cccc(NC(=O)N(C)C)c1. The molecule has 1 atom stereocenters. The second-order valence-electron chi connectivity index (χ2n) is 6.14. The lowest BCUT2D eigenvalue weighted by Crippen LogP contribution is -2.55. The molecule has 0 bridgehead atoms. The van der Waals surface area contributed by atoms with Gasteiger partial charge in [-0.15, -0.1) is 0 Å². The highest BCUT2D eigenvalue weighted by Gasteiger charge is 2.28. The minimum absolute atomic E-state index is 0.206. The first-order valence-corrected chi connectivity index (χ1v) is 7.30. The second-order valence-corrected chi connectivity index (χ2v) is 6.14. The summed E-state index contributed by atoms with van der Waals surface area (Å²) in [6.45, 7) is 6.31. The van der Waals surface area contributed by atoms with Crippen LogP contribution in [0.15, 0.2) is 24.3 Å². The van der Waals surface area contributed by atoms with E-state index in [1.807, 2.05) is 20.8 Å². The van der Waals surface area contributed by atoms with E-state index in [-0.39, 0.29) is 17.9 Å². The van der Waals surface area contributed by atoms with Crippen molar-refractivity contribution in [3.63, 3.8) is 0 Å². The first-order chi connectivity index (χ1) is 10.2. The van der Waals surface area contributed by atoms with Crippen molar-refractivity contribution in [1.82, 2.24) is 10.2 Å². The highest BCUT2D eigenvalue weighted by Crippen LogP contribution is 2.17. The summed E-state index contributed by atoms with van der Waals surface area (Å²) in [7, 11) is 3.31. The number of urea groups is 1. The van der Waals surface area contributed by atoms with Crippen molar-refractivity contribution in [2.24, 2.45) is 11.7 Å². The normalized spacial score (nSPS) is 13.4. The van der Waals surface area contributed by atoms with E-state index in [1.165, 1.54) is 4.90 Å². The number of rotatable bonds is 5. The van der Waals surface area contributed by atoms with Crippen LogP contribution in [0.5, 0.6) is 0 Å². The molecule has 0 aliphatic heterocycles. The third-order valence-corrected chi connectivity index (χ3v) is 3.88. The van der Waals surface area contributed by atoms with E-state index >= 15 is 0 Å². The van der Waals surface area contributed by atoms with E-state index in [9.17, 15) is 9.59 Å². The summed E-state index contributed by atoms with van der Waals surface area (Å²) < 4.78 is 0. The molecule has 0 aliphatic rings. The molecule has 0 heterocycles. The number of nitrogens with zero attached hydrogens (tertiary/aromatic N) is 1. The summed E-state index contributed by atoms with van der Waals surface area (Å²) in [5.74, 6) is 0.000628. The lowest BCUT2D eigenvalue weighted by atomic mass is 9.88. The summed E-state index contributed by atoms with van der Waals surface area (Å²) in [6, 6.07) is 6.58. The Balaban J connectivity index is 2.89. The predicted molar refractivity (Wildman–Crippen MR) is 88.9 cm³/mol. The molecule has 6 heteroatoms. The molecule has 0 aromatic heterocycles. The van der Waals surface area contributed by atoms with E-state index in [0.29, 0.717) is 17.8 Å². The van der Waals surface area contributed by atoms with Crippen molar-refractivity contribution in [1.29, 1.82) is 0 Å². The lowest BCUT2D eigenvalue weighted by molar-refractivity contribution is 0.0883. The maximum Gasteiger partial charge on any atom is 0.321 e. The third kappa shape index (κ3) is 4.46. The number of hydrogen-bond acceptors (Lipinski definition) is 3. The molecule has 4 N–H and O–H groups in total. The van der Waals surface area contributed by atoms with E-state index in [4.69, 9.17) is 5.73 Å². The molecule has 0 fully saturated rings. The van der Waals surface area contributed by atoms with Crippen molar-refractivity contribution in [2.75, 3.05) is 26.0 Å². The quantitative estimate of drug-likeness (QED) is 0.776. The topological polar surface area (TPSA) is 87.5 Å². The largest absolute Gasteiger partial charge is 0.345 e. The molecule has 0 aliphatic carbocycles. The van der Waals surface area contributed by atoms with Gasteiger partial charge in [0.15, 0.2) is 0 Å². The monoisotopic (exact) mass is 306 g/mol. The Hall–Kier alpha value is -2.08. The van der Waals surface area contributed by atoms with Crippen LogP contribution in [0.1, 0.15) is 31.1 Å². The van der Waals surface area contributed by atoms with Crippen molar-refractivity contribution >= 4 is 17.6 Å². The molecule has 3 amide bonds. The molecular weight excluding hydrogens is 280 g/mol. The zero-order chi connectivity index (χ0) is 16.9. The molecule has 1 unspecified atom stereocenters.